The normalized spacial score (nSPS) is 15.5. The van der Waals surface area contributed by atoms with Crippen molar-refractivity contribution in [2.75, 3.05) is 54.4 Å². The minimum atomic E-state index is -4.48. The molecule has 0 radical (unpaired) electrons. The molecule has 6 rings (SSSR count). The number of nitrogens with zero attached hydrogens (tertiary/aromatic N) is 5. The summed E-state index contributed by atoms with van der Waals surface area (Å²) in [6.07, 6.45) is -0.969. The molecule has 1 N–H and O–H groups in total. The number of rotatable bonds is 5. The molecule has 2 aliphatic rings. The molecule has 0 saturated carbocycles. The van der Waals surface area contributed by atoms with Gasteiger partial charge >= 0.3 is 6.18 Å². The van der Waals surface area contributed by atoms with Gasteiger partial charge in [-0.2, -0.15) is 13.2 Å². The zero-order valence-electron chi connectivity index (χ0n) is 21.9. The Balaban J connectivity index is 1.18. The summed E-state index contributed by atoms with van der Waals surface area (Å²) < 4.78 is 41.0. The van der Waals surface area contributed by atoms with E-state index >= 15 is 0 Å². The summed E-state index contributed by atoms with van der Waals surface area (Å²) in [5.74, 6) is 0.593. The van der Waals surface area contributed by atoms with Crippen LogP contribution in [0.15, 0.2) is 66.3 Å². The molecule has 0 spiro atoms. The first-order chi connectivity index (χ1) is 19.8. The molecule has 12 heteroatoms. The largest absolute Gasteiger partial charge is 0.416 e. The molecule has 0 atom stereocenters. The lowest BCUT2D eigenvalue weighted by Gasteiger charge is -2.34. The molecule has 1 saturated heterocycles. The van der Waals surface area contributed by atoms with Crippen molar-refractivity contribution in [3.8, 4) is 11.1 Å². The minimum Gasteiger partial charge on any atom is -0.367 e. The van der Waals surface area contributed by atoms with E-state index in [1.165, 1.54) is 12.1 Å². The number of anilines is 3. The van der Waals surface area contributed by atoms with Crippen LogP contribution in [0, 0.1) is 0 Å². The summed E-state index contributed by atoms with van der Waals surface area (Å²) in [5, 5.41) is 6.41. The number of nitrogens with one attached hydrogen (secondary N) is 1. The Kier molecular flexibility index (Phi) is 7.48. The number of halogens is 4. The molecule has 4 aromatic rings. The number of aromatic nitrogens is 2. The van der Waals surface area contributed by atoms with Gasteiger partial charge in [-0.1, -0.05) is 23.7 Å². The number of hydrogen-bond acceptors (Lipinski definition) is 7. The molecule has 0 bridgehead atoms. The summed E-state index contributed by atoms with van der Waals surface area (Å²) in [7, 11) is 0. The maximum atomic E-state index is 13.7. The van der Waals surface area contributed by atoms with Gasteiger partial charge in [-0.05, 0) is 47.5 Å². The van der Waals surface area contributed by atoms with Crippen LogP contribution in [0.2, 0.25) is 5.02 Å². The number of benzene rings is 2. The van der Waals surface area contributed by atoms with Gasteiger partial charge in [0.15, 0.2) is 5.13 Å². The third-order valence-electron chi connectivity index (χ3n) is 7.34. The number of fused-ring (bicyclic) bond motifs is 1. The lowest BCUT2D eigenvalue weighted by molar-refractivity contribution is -0.138. The highest BCUT2D eigenvalue weighted by Crippen LogP contribution is 2.37. The molecule has 0 unspecified atom stereocenters. The predicted molar refractivity (Wildman–Crippen MR) is 156 cm³/mol. The van der Waals surface area contributed by atoms with Crippen LogP contribution in [-0.4, -0.2) is 60.0 Å². The molecule has 0 aliphatic carbocycles. The minimum absolute atomic E-state index is 0.0173. The number of piperazine rings is 1. The predicted octanol–water partition coefficient (Wildman–Crippen LogP) is 6.27. The molecular weight excluding hydrogens is 573 g/mol. The molecule has 2 aliphatic heterocycles. The van der Waals surface area contributed by atoms with Crippen molar-refractivity contribution in [1.29, 1.82) is 0 Å². The average Bonchev–Trinajstić information content (AvgIpc) is 3.52. The first-order valence-corrected chi connectivity index (χ1v) is 14.4. The van der Waals surface area contributed by atoms with E-state index < -0.39 is 11.7 Å². The molecule has 1 amide bonds. The van der Waals surface area contributed by atoms with Gasteiger partial charge in [0, 0.05) is 79.7 Å². The molecule has 4 heterocycles. The number of hydrogen-bond donors (Lipinski definition) is 1. The van der Waals surface area contributed by atoms with Gasteiger partial charge in [0.05, 0.1) is 11.3 Å². The quantitative estimate of drug-likeness (QED) is 0.292. The fourth-order valence-electron chi connectivity index (χ4n) is 5.22. The highest BCUT2D eigenvalue weighted by Gasteiger charge is 2.34. The Bertz CT molecular complexity index is 1540. The van der Waals surface area contributed by atoms with Gasteiger partial charge < -0.3 is 20.0 Å². The van der Waals surface area contributed by atoms with Crippen molar-refractivity contribution in [2.45, 2.75) is 12.7 Å². The number of carbonyl (C=O) groups is 1. The maximum Gasteiger partial charge on any atom is 0.416 e. The van der Waals surface area contributed by atoms with Gasteiger partial charge in [0.2, 0.25) is 0 Å². The zero-order valence-corrected chi connectivity index (χ0v) is 23.4. The number of pyridine rings is 1. The second kappa shape index (κ2) is 11.2. The Morgan fingerprint density at radius 1 is 0.976 bits per heavy atom. The topological polar surface area (TPSA) is 64.6 Å². The van der Waals surface area contributed by atoms with Gasteiger partial charge in [-0.15, -0.1) is 11.3 Å². The van der Waals surface area contributed by atoms with Crippen molar-refractivity contribution in [3.05, 3.63) is 88.0 Å². The highest BCUT2D eigenvalue weighted by molar-refractivity contribution is 7.13. The van der Waals surface area contributed by atoms with E-state index in [-0.39, 0.29) is 23.0 Å². The Hall–Kier alpha value is -3.83. The summed E-state index contributed by atoms with van der Waals surface area (Å²) in [4.78, 5) is 28.0. The van der Waals surface area contributed by atoms with Crippen LogP contribution in [0.4, 0.5) is 29.8 Å². The zero-order chi connectivity index (χ0) is 28.6. The van der Waals surface area contributed by atoms with E-state index in [2.05, 4.69) is 20.2 Å². The molecule has 2 aromatic heterocycles. The monoisotopic (exact) mass is 598 g/mol. The Morgan fingerprint density at radius 2 is 1.76 bits per heavy atom. The van der Waals surface area contributed by atoms with E-state index in [9.17, 15) is 18.0 Å². The fourth-order valence-corrected chi connectivity index (χ4v) is 6.11. The molecule has 7 nitrogen and oxygen atoms in total. The first kappa shape index (κ1) is 27.3. The smallest absolute Gasteiger partial charge is 0.367 e. The third-order valence-corrected chi connectivity index (χ3v) is 8.41. The van der Waals surface area contributed by atoms with Crippen molar-refractivity contribution >= 4 is 45.5 Å². The fraction of sp³-hybridized carbons (Fsp3) is 0.276. The third kappa shape index (κ3) is 5.82. The first-order valence-electron chi connectivity index (χ1n) is 13.1. The van der Waals surface area contributed by atoms with Crippen LogP contribution in [0.3, 0.4) is 0 Å². The average molecular weight is 599 g/mol. The van der Waals surface area contributed by atoms with E-state index in [0.717, 1.165) is 35.4 Å². The van der Waals surface area contributed by atoms with Gasteiger partial charge in [0.1, 0.15) is 5.82 Å². The van der Waals surface area contributed by atoms with Gasteiger partial charge in [-0.3, -0.25) is 4.79 Å². The molecule has 1 fully saturated rings. The van der Waals surface area contributed by atoms with Crippen LogP contribution < -0.4 is 15.1 Å². The van der Waals surface area contributed by atoms with Crippen LogP contribution >= 0.6 is 22.9 Å². The van der Waals surface area contributed by atoms with E-state index in [1.54, 1.807) is 23.7 Å². The Labute approximate surface area is 244 Å². The molecule has 41 heavy (non-hydrogen) atoms. The standard InChI is InChI=1S/C29H26ClF3N6OS/c30-23-5-6-24(29(31,32)33)22(15-23)18-39-9-7-34-26-25(39)16-21(17-36-26)19-1-3-20(4-2-19)27(40)37-10-12-38(13-11-37)28-35-8-14-41-28/h1-6,8,14-17H,7,9-13,18H2,(H,34,36). The van der Waals surface area contributed by atoms with E-state index in [4.69, 9.17) is 11.6 Å². The van der Waals surface area contributed by atoms with E-state index in [1.807, 2.05) is 45.5 Å². The van der Waals surface area contributed by atoms with Crippen molar-refractivity contribution in [1.82, 2.24) is 14.9 Å². The number of alkyl halides is 3. The van der Waals surface area contributed by atoms with Crippen LogP contribution in [0.1, 0.15) is 21.5 Å². The second-order valence-electron chi connectivity index (χ2n) is 9.91. The summed E-state index contributed by atoms with van der Waals surface area (Å²) in [6, 6.07) is 12.9. The number of thiazole rings is 1. The summed E-state index contributed by atoms with van der Waals surface area (Å²) in [5.41, 5.74) is 2.38. The van der Waals surface area contributed by atoms with Gasteiger partial charge in [0.25, 0.3) is 5.91 Å². The van der Waals surface area contributed by atoms with Crippen LogP contribution in [-0.2, 0) is 12.7 Å². The van der Waals surface area contributed by atoms with Crippen molar-refractivity contribution in [3.63, 3.8) is 0 Å². The van der Waals surface area contributed by atoms with Crippen molar-refractivity contribution < 1.29 is 18.0 Å². The Morgan fingerprint density at radius 3 is 2.46 bits per heavy atom. The summed E-state index contributed by atoms with van der Waals surface area (Å²) >= 11 is 7.65. The molecule has 212 valence electrons. The SMILES string of the molecule is O=C(c1ccc(-c2cnc3c(c2)N(Cc2cc(Cl)ccc2C(F)(F)F)CCN3)cc1)N1CCN(c2nccs2)CC1. The summed E-state index contributed by atoms with van der Waals surface area (Å²) in [6.45, 7) is 3.82. The maximum absolute atomic E-state index is 13.7. The van der Waals surface area contributed by atoms with Crippen molar-refractivity contribution in [2.24, 2.45) is 0 Å². The van der Waals surface area contributed by atoms with Crippen LogP contribution in [0.25, 0.3) is 11.1 Å². The number of amides is 1. The van der Waals surface area contributed by atoms with E-state index in [0.29, 0.717) is 43.2 Å². The lowest BCUT2D eigenvalue weighted by Crippen LogP contribution is -2.48. The molecule has 2 aromatic carbocycles. The second-order valence-corrected chi connectivity index (χ2v) is 11.2. The molecular formula is C29H26ClF3N6OS. The lowest BCUT2D eigenvalue weighted by atomic mass is 10.0. The number of carbonyl (C=O) groups excluding carboxylic acids is 1. The van der Waals surface area contributed by atoms with Gasteiger partial charge in [-0.25, -0.2) is 9.97 Å². The highest BCUT2D eigenvalue weighted by atomic mass is 35.5. The van der Waals surface area contributed by atoms with Crippen LogP contribution in [0.5, 0.6) is 0 Å².